The third kappa shape index (κ3) is 4.41. The van der Waals surface area contributed by atoms with Gasteiger partial charge in [-0.05, 0) is 29.3 Å². The van der Waals surface area contributed by atoms with Crippen molar-refractivity contribution in [3.8, 4) is 11.1 Å². The van der Waals surface area contributed by atoms with Gasteiger partial charge in [0.1, 0.15) is 33.5 Å². The summed E-state index contributed by atoms with van der Waals surface area (Å²) in [6, 6.07) is 52.5. The molecule has 51 heavy (non-hydrogen) atoms. The van der Waals surface area contributed by atoms with E-state index in [0.717, 1.165) is 93.6 Å². The first-order valence-electron chi connectivity index (χ1n) is 17.4. The van der Waals surface area contributed by atoms with E-state index >= 15 is 0 Å². The molecule has 10 aromatic rings. The van der Waals surface area contributed by atoms with E-state index in [2.05, 4.69) is 137 Å². The minimum atomic E-state index is -0.249. The van der Waals surface area contributed by atoms with Crippen LogP contribution in [0.1, 0.15) is 35.2 Å². The summed E-state index contributed by atoms with van der Waals surface area (Å²) in [5.74, 6) is 0. The van der Waals surface area contributed by atoms with Gasteiger partial charge in [0.2, 0.25) is 0 Å². The average molecular weight is 662 g/mol. The van der Waals surface area contributed by atoms with Gasteiger partial charge in [-0.2, -0.15) is 0 Å². The topological polar surface area (TPSA) is 75.5 Å². The molecule has 3 aromatic heterocycles. The van der Waals surface area contributed by atoms with Crippen molar-refractivity contribution < 1.29 is 13.3 Å². The molecule has 0 radical (unpaired) electrons. The van der Waals surface area contributed by atoms with Crippen molar-refractivity contribution in [3.05, 3.63) is 168 Å². The first-order chi connectivity index (χ1) is 25.3. The van der Waals surface area contributed by atoms with Crippen LogP contribution in [0.4, 0.5) is 0 Å². The Morgan fingerprint density at radius 3 is 1.63 bits per heavy atom. The van der Waals surface area contributed by atoms with Crippen LogP contribution >= 0.6 is 0 Å². The van der Waals surface area contributed by atoms with Crippen molar-refractivity contribution >= 4 is 65.8 Å². The number of para-hydroxylation sites is 5. The third-order valence-corrected chi connectivity index (χ3v) is 10.4. The molecule has 3 unspecified atom stereocenters. The molecule has 11 rings (SSSR count). The quantitative estimate of drug-likeness (QED) is 0.174. The molecular weight excluding hydrogens is 631 g/mol. The smallest absolute Gasteiger partial charge is 0.143 e. The first-order valence-corrected chi connectivity index (χ1v) is 17.4. The molecule has 1 saturated heterocycles. The van der Waals surface area contributed by atoms with Gasteiger partial charge in [-0.1, -0.05) is 133 Å². The molecule has 0 spiro atoms. The third-order valence-electron chi connectivity index (χ3n) is 10.4. The number of benzene rings is 7. The van der Waals surface area contributed by atoms with Crippen LogP contribution in [-0.4, -0.2) is 0 Å². The Morgan fingerprint density at radius 1 is 0.333 bits per heavy atom. The molecule has 1 aliphatic rings. The maximum absolute atomic E-state index is 6.99. The number of hydrogen-bond acceptors (Lipinski definition) is 6. The first kappa shape index (κ1) is 28.6. The van der Waals surface area contributed by atoms with E-state index < -0.39 is 0 Å². The van der Waals surface area contributed by atoms with E-state index in [-0.39, 0.29) is 18.5 Å². The van der Waals surface area contributed by atoms with E-state index in [1.165, 1.54) is 0 Å². The Bertz CT molecular complexity index is 2940. The Labute approximate surface area is 292 Å². The second kappa shape index (κ2) is 11.2. The highest BCUT2D eigenvalue weighted by Gasteiger charge is 2.33. The number of fused-ring (bicyclic) bond motifs is 9. The van der Waals surface area contributed by atoms with Crippen molar-refractivity contribution in [2.75, 3.05) is 0 Å². The van der Waals surface area contributed by atoms with Crippen LogP contribution in [0.5, 0.6) is 0 Å². The predicted molar refractivity (Wildman–Crippen MR) is 204 cm³/mol. The zero-order valence-corrected chi connectivity index (χ0v) is 27.4. The van der Waals surface area contributed by atoms with Gasteiger partial charge < -0.3 is 13.3 Å². The van der Waals surface area contributed by atoms with E-state index in [4.69, 9.17) is 13.3 Å². The molecule has 1 fully saturated rings. The second-order valence-electron chi connectivity index (χ2n) is 13.3. The highest BCUT2D eigenvalue weighted by atomic mass is 16.3. The predicted octanol–water partition coefficient (Wildman–Crippen LogP) is 11.2. The van der Waals surface area contributed by atoms with E-state index in [9.17, 15) is 0 Å². The summed E-state index contributed by atoms with van der Waals surface area (Å²) in [6.45, 7) is 0. The van der Waals surface area contributed by atoms with Gasteiger partial charge in [0, 0.05) is 49.0 Å². The highest BCUT2D eigenvalue weighted by Crippen LogP contribution is 2.43. The monoisotopic (exact) mass is 661 g/mol. The molecule has 3 N–H and O–H groups in total. The molecule has 1 aliphatic heterocycles. The Kier molecular flexibility index (Phi) is 6.27. The minimum absolute atomic E-state index is 0.142. The Hall–Kier alpha value is -6.18. The van der Waals surface area contributed by atoms with Gasteiger partial charge in [-0.15, -0.1) is 0 Å². The Balaban J connectivity index is 1.08. The summed E-state index contributed by atoms with van der Waals surface area (Å²) in [7, 11) is 0. The van der Waals surface area contributed by atoms with Crippen LogP contribution in [0.25, 0.3) is 76.9 Å². The van der Waals surface area contributed by atoms with Crippen LogP contribution in [0.15, 0.2) is 165 Å². The molecule has 0 aliphatic carbocycles. The van der Waals surface area contributed by atoms with Crippen molar-refractivity contribution in [1.29, 1.82) is 0 Å². The molecule has 7 aromatic carbocycles. The number of furan rings is 3. The lowest BCUT2D eigenvalue weighted by molar-refractivity contribution is 0.204. The van der Waals surface area contributed by atoms with Gasteiger partial charge in [0.05, 0.1) is 18.5 Å². The van der Waals surface area contributed by atoms with Gasteiger partial charge in [0.25, 0.3) is 0 Å². The van der Waals surface area contributed by atoms with Crippen molar-refractivity contribution in [3.63, 3.8) is 0 Å². The average Bonchev–Trinajstić information content (AvgIpc) is 3.89. The number of nitrogens with one attached hydrogen (secondary N) is 3. The number of hydrogen-bond donors (Lipinski definition) is 3. The molecule has 6 nitrogen and oxygen atoms in total. The summed E-state index contributed by atoms with van der Waals surface area (Å²) in [4.78, 5) is 0. The fourth-order valence-electron chi connectivity index (χ4n) is 8.12. The summed E-state index contributed by atoms with van der Waals surface area (Å²) in [5, 5.41) is 18.2. The summed E-state index contributed by atoms with van der Waals surface area (Å²) in [5.41, 5.74) is 10.5. The number of rotatable bonds is 4. The summed E-state index contributed by atoms with van der Waals surface area (Å²) < 4.78 is 19.7. The normalized spacial score (nSPS) is 18.2. The van der Waals surface area contributed by atoms with Gasteiger partial charge >= 0.3 is 0 Å². The molecule has 6 heteroatoms. The molecule has 0 bridgehead atoms. The maximum atomic E-state index is 6.99. The fraction of sp³-hybridized carbons (Fsp3) is 0.0667. The lowest BCUT2D eigenvalue weighted by Gasteiger charge is -2.39. The summed E-state index contributed by atoms with van der Waals surface area (Å²) in [6.07, 6.45) is -0.592. The van der Waals surface area contributed by atoms with Gasteiger partial charge in [0.15, 0.2) is 0 Å². The van der Waals surface area contributed by atoms with Crippen molar-refractivity contribution in [1.82, 2.24) is 16.0 Å². The Morgan fingerprint density at radius 2 is 0.843 bits per heavy atom. The van der Waals surface area contributed by atoms with Crippen LogP contribution in [-0.2, 0) is 0 Å². The van der Waals surface area contributed by atoms with E-state index in [1.807, 2.05) is 30.3 Å². The minimum Gasteiger partial charge on any atom is -0.456 e. The zero-order valence-electron chi connectivity index (χ0n) is 27.4. The lowest BCUT2D eigenvalue weighted by atomic mass is 9.98. The van der Waals surface area contributed by atoms with Crippen molar-refractivity contribution in [2.24, 2.45) is 0 Å². The van der Waals surface area contributed by atoms with Gasteiger partial charge in [-0.25, -0.2) is 0 Å². The van der Waals surface area contributed by atoms with Gasteiger partial charge in [-0.3, -0.25) is 16.0 Å². The molecule has 244 valence electrons. The van der Waals surface area contributed by atoms with E-state index in [1.54, 1.807) is 0 Å². The molecule has 0 amide bonds. The largest absolute Gasteiger partial charge is 0.456 e. The standard InChI is InChI=1S/C45H31N3O3/c1-2-12-26(13-3-1)43-46-44(34-21-11-25-38-39(34)33-15-5-7-24-37(33)49-38)48-45(47-43)35-22-10-20-32-31-19-9-18-30(41(31)51-42(32)35)29-17-8-16-28-27-14-4-6-23-36(27)50-40(28)29/h1-25,43-48H. The summed E-state index contributed by atoms with van der Waals surface area (Å²) >= 11 is 0. The molecule has 4 heterocycles. The van der Waals surface area contributed by atoms with Crippen LogP contribution < -0.4 is 16.0 Å². The van der Waals surface area contributed by atoms with Crippen LogP contribution in [0.2, 0.25) is 0 Å². The molecule has 3 atom stereocenters. The molecule has 0 saturated carbocycles. The SMILES string of the molecule is c1ccc(C2NC(c3cccc4c3oc3c(-c5cccc6c5oc5ccccc56)cccc34)NC(c3cccc4oc5ccccc5c34)N2)cc1. The van der Waals surface area contributed by atoms with Crippen LogP contribution in [0, 0.1) is 0 Å². The van der Waals surface area contributed by atoms with Crippen LogP contribution in [0.3, 0.4) is 0 Å². The molecular formula is C45H31N3O3. The second-order valence-corrected chi connectivity index (χ2v) is 13.3. The fourth-order valence-corrected chi connectivity index (χ4v) is 8.12. The zero-order chi connectivity index (χ0) is 33.5. The van der Waals surface area contributed by atoms with E-state index in [0.29, 0.717) is 0 Å². The maximum Gasteiger partial charge on any atom is 0.143 e. The van der Waals surface area contributed by atoms with Crippen molar-refractivity contribution in [2.45, 2.75) is 18.5 Å². The highest BCUT2D eigenvalue weighted by molar-refractivity contribution is 6.15. The lowest BCUT2D eigenvalue weighted by Crippen LogP contribution is -2.54.